The van der Waals surface area contributed by atoms with E-state index in [9.17, 15) is 9.59 Å². The summed E-state index contributed by atoms with van der Waals surface area (Å²) in [6.45, 7) is 5.90. The molecule has 0 aromatic heterocycles. The fraction of sp³-hybridized carbons (Fsp3) is 0.241. The van der Waals surface area contributed by atoms with Crippen molar-refractivity contribution >= 4 is 12.1 Å². The highest BCUT2D eigenvalue weighted by Gasteiger charge is 2.28. The van der Waals surface area contributed by atoms with Gasteiger partial charge >= 0.3 is 12.1 Å². The molecule has 4 rings (SSSR count). The number of hydrogen-bond donors (Lipinski definition) is 1. The number of ether oxygens (including phenoxy) is 2. The number of benzene rings is 3. The van der Waals surface area contributed by atoms with Crippen LogP contribution in [0.15, 0.2) is 72.8 Å². The summed E-state index contributed by atoms with van der Waals surface area (Å²) < 4.78 is 10.9. The molecule has 0 aliphatic heterocycles. The average molecular weight is 454 g/mol. The van der Waals surface area contributed by atoms with Crippen LogP contribution in [-0.2, 0) is 9.47 Å². The molecule has 5 nitrogen and oxygen atoms in total. The molecule has 0 saturated carbocycles. The van der Waals surface area contributed by atoms with Crippen LogP contribution in [-0.4, -0.2) is 30.8 Å². The van der Waals surface area contributed by atoms with Crippen molar-refractivity contribution in [3.05, 3.63) is 95.1 Å². The predicted octanol–water partition coefficient (Wildman–Crippen LogP) is 5.53. The lowest BCUT2D eigenvalue weighted by molar-refractivity contribution is 0.00694. The number of hydrogen-bond acceptors (Lipinski definition) is 4. The van der Waals surface area contributed by atoms with Gasteiger partial charge in [0.15, 0.2) is 0 Å². The van der Waals surface area contributed by atoms with Gasteiger partial charge in [0.1, 0.15) is 12.2 Å². The van der Waals surface area contributed by atoms with Gasteiger partial charge in [0, 0.05) is 11.5 Å². The Morgan fingerprint density at radius 3 is 2.06 bits per heavy atom. The summed E-state index contributed by atoms with van der Waals surface area (Å²) in [5.41, 5.74) is 5.39. The molecular weight excluding hydrogens is 426 g/mol. The summed E-state index contributed by atoms with van der Waals surface area (Å²) in [4.78, 5) is 24.3. The van der Waals surface area contributed by atoms with Gasteiger partial charge in [0.05, 0.1) is 12.1 Å². The van der Waals surface area contributed by atoms with Crippen LogP contribution < -0.4 is 5.32 Å². The zero-order valence-corrected chi connectivity index (χ0v) is 19.6. The maximum absolute atomic E-state index is 12.2. The van der Waals surface area contributed by atoms with E-state index >= 15 is 0 Å². The number of rotatable bonds is 4. The number of alkyl carbamates (subject to hydrolysis) is 1. The van der Waals surface area contributed by atoms with Crippen LogP contribution in [0.1, 0.15) is 53.7 Å². The number of fused-ring (bicyclic) bond motifs is 3. The number of amides is 1. The molecule has 0 radical (unpaired) electrons. The minimum Gasteiger partial charge on any atom is -0.456 e. The van der Waals surface area contributed by atoms with Gasteiger partial charge in [-0.1, -0.05) is 60.4 Å². The molecule has 0 heterocycles. The lowest BCUT2D eigenvalue weighted by Gasteiger charge is -2.19. The van der Waals surface area contributed by atoms with E-state index in [1.54, 1.807) is 24.3 Å². The Hall–Kier alpha value is -4.04. The molecule has 1 aliphatic rings. The van der Waals surface area contributed by atoms with Crippen LogP contribution in [0.4, 0.5) is 4.79 Å². The smallest absolute Gasteiger partial charge is 0.407 e. The molecule has 1 amide bonds. The van der Waals surface area contributed by atoms with Crippen molar-refractivity contribution in [2.75, 3.05) is 13.2 Å². The largest absolute Gasteiger partial charge is 0.456 e. The first-order valence-corrected chi connectivity index (χ1v) is 11.2. The second kappa shape index (κ2) is 9.84. The molecule has 5 heteroatoms. The first-order chi connectivity index (χ1) is 16.3. The highest BCUT2D eigenvalue weighted by atomic mass is 16.6. The van der Waals surface area contributed by atoms with Crippen molar-refractivity contribution in [1.29, 1.82) is 0 Å². The second-order valence-electron chi connectivity index (χ2n) is 9.06. The Bertz CT molecular complexity index is 1210. The standard InChI is InChI=1S/C29H27NO4/c1-29(2,3)34-27(31)21-16-14-20(15-17-21)9-8-18-30-28(32)33-19-26-24-12-6-4-10-22(24)23-11-5-7-13-25(23)26/h4-7,10-17,26H,18-19H2,1-3H3,(H,30,32). The van der Waals surface area contributed by atoms with Gasteiger partial charge in [0.25, 0.3) is 0 Å². The predicted molar refractivity (Wildman–Crippen MR) is 132 cm³/mol. The molecule has 1 N–H and O–H groups in total. The molecule has 3 aromatic carbocycles. The molecule has 1 aliphatic carbocycles. The fourth-order valence-corrected chi connectivity index (χ4v) is 3.94. The van der Waals surface area contributed by atoms with E-state index in [1.807, 2.05) is 45.0 Å². The molecule has 0 fully saturated rings. The van der Waals surface area contributed by atoms with Crippen LogP contribution >= 0.6 is 0 Å². The highest BCUT2D eigenvalue weighted by molar-refractivity contribution is 5.89. The van der Waals surface area contributed by atoms with Crippen LogP contribution in [0.5, 0.6) is 0 Å². The topological polar surface area (TPSA) is 64.6 Å². The van der Waals surface area contributed by atoms with Crippen molar-refractivity contribution in [3.8, 4) is 23.0 Å². The summed E-state index contributed by atoms with van der Waals surface area (Å²) in [6.07, 6.45) is -0.503. The minimum atomic E-state index is -0.541. The quantitative estimate of drug-likeness (QED) is 0.417. The fourth-order valence-electron chi connectivity index (χ4n) is 3.94. The number of carbonyl (C=O) groups is 2. The maximum atomic E-state index is 12.2. The Kier molecular flexibility index (Phi) is 6.70. The molecule has 172 valence electrons. The third-order valence-corrected chi connectivity index (χ3v) is 5.42. The SMILES string of the molecule is CC(C)(C)OC(=O)c1ccc(C#CCNC(=O)OCC2c3ccccc3-c3ccccc32)cc1. The molecule has 0 atom stereocenters. The maximum Gasteiger partial charge on any atom is 0.407 e. The lowest BCUT2D eigenvalue weighted by Crippen LogP contribution is -2.26. The van der Waals surface area contributed by atoms with E-state index in [4.69, 9.17) is 9.47 Å². The Morgan fingerprint density at radius 2 is 1.47 bits per heavy atom. The van der Waals surface area contributed by atoms with Crippen molar-refractivity contribution in [2.45, 2.75) is 32.3 Å². The van der Waals surface area contributed by atoms with Gasteiger partial charge in [-0.3, -0.25) is 0 Å². The van der Waals surface area contributed by atoms with Crippen molar-refractivity contribution in [3.63, 3.8) is 0 Å². The van der Waals surface area contributed by atoms with E-state index in [1.165, 1.54) is 22.3 Å². The number of carbonyl (C=O) groups excluding carboxylic acids is 2. The lowest BCUT2D eigenvalue weighted by atomic mass is 9.98. The van der Waals surface area contributed by atoms with Gasteiger partial charge < -0.3 is 14.8 Å². The molecule has 34 heavy (non-hydrogen) atoms. The van der Waals surface area contributed by atoms with E-state index < -0.39 is 11.7 Å². The Balaban J connectivity index is 1.28. The third kappa shape index (κ3) is 5.47. The van der Waals surface area contributed by atoms with E-state index in [0.717, 1.165) is 5.56 Å². The summed E-state index contributed by atoms with van der Waals surface area (Å²) in [5, 5.41) is 2.67. The second-order valence-corrected chi connectivity index (χ2v) is 9.06. The van der Waals surface area contributed by atoms with Crippen molar-refractivity contribution in [1.82, 2.24) is 5.32 Å². The van der Waals surface area contributed by atoms with Crippen molar-refractivity contribution < 1.29 is 19.1 Å². The summed E-state index contributed by atoms with van der Waals surface area (Å²) in [6, 6.07) is 23.3. The first kappa shape index (κ1) is 23.1. The van der Waals surface area contributed by atoms with E-state index in [0.29, 0.717) is 5.56 Å². The normalized spacial score (nSPS) is 12.1. The van der Waals surface area contributed by atoms with Crippen molar-refractivity contribution in [2.24, 2.45) is 0 Å². The first-order valence-electron chi connectivity index (χ1n) is 11.2. The van der Waals surface area contributed by atoms with Gasteiger partial charge in [-0.05, 0) is 67.3 Å². The van der Waals surface area contributed by atoms with Crippen LogP contribution in [0, 0.1) is 11.8 Å². The zero-order chi connectivity index (χ0) is 24.1. The molecule has 0 spiro atoms. The summed E-state index contributed by atoms with van der Waals surface area (Å²) in [7, 11) is 0. The monoisotopic (exact) mass is 453 g/mol. The third-order valence-electron chi connectivity index (χ3n) is 5.42. The number of nitrogens with one attached hydrogen (secondary N) is 1. The summed E-state index contributed by atoms with van der Waals surface area (Å²) >= 11 is 0. The number of esters is 1. The van der Waals surface area contributed by atoms with Crippen LogP contribution in [0.25, 0.3) is 11.1 Å². The van der Waals surface area contributed by atoms with E-state index in [2.05, 4.69) is 41.4 Å². The van der Waals surface area contributed by atoms with Crippen LogP contribution in [0.2, 0.25) is 0 Å². The van der Waals surface area contributed by atoms with E-state index in [-0.39, 0.29) is 25.0 Å². The van der Waals surface area contributed by atoms with Gasteiger partial charge in [-0.2, -0.15) is 0 Å². The average Bonchev–Trinajstić information content (AvgIpc) is 3.13. The van der Waals surface area contributed by atoms with Gasteiger partial charge in [-0.25, -0.2) is 9.59 Å². The Morgan fingerprint density at radius 1 is 0.882 bits per heavy atom. The Labute approximate surface area is 200 Å². The summed E-state index contributed by atoms with van der Waals surface area (Å²) in [5.74, 6) is 5.52. The minimum absolute atomic E-state index is 0.0210. The highest BCUT2D eigenvalue weighted by Crippen LogP contribution is 2.44. The zero-order valence-electron chi connectivity index (χ0n) is 19.6. The van der Waals surface area contributed by atoms with Crippen LogP contribution in [0.3, 0.4) is 0 Å². The molecule has 0 bridgehead atoms. The van der Waals surface area contributed by atoms with Gasteiger partial charge in [-0.15, -0.1) is 0 Å². The molecule has 0 unspecified atom stereocenters. The molecule has 0 saturated heterocycles. The molecule has 3 aromatic rings. The molecular formula is C29H27NO4. The van der Waals surface area contributed by atoms with Gasteiger partial charge in [0.2, 0.25) is 0 Å².